The first kappa shape index (κ1) is 22.0. The molecule has 9 nitrogen and oxygen atoms in total. The van der Waals surface area contributed by atoms with Gasteiger partial charge in [0.2, 0.25) is 10.0 Å². The van der Waals surface area contributed by atoms with Crippen LogP contribution in [-0.4, -0.2) is 54.0 Å². The lowest BCUT2D eigenvalue weighted by Crippen LogP contribution is -2.35. The summed E-state index contributed by atoms with van der Waals surface area (Å²) >= 11 is 0. The van der Waals surface area contributed by atoms with Crippen LogP contribution in [0.4, 0.5) is 0 Å². The quantitative estimate of drug-likeness (QED) is 0.566. The van der Waals surface area contributed by atoms with E-state index in [2.05, 4.69) is 20.5 Å². The maximum absolute atomic E-state index is 13.2. The van der Waals surface area contributed by atoms with Crippen molar-refractivity contribution in [3.63, 3.8) is 0 Å². The summed E-state index contributed by atoms with van der Waals surface area (Å²) in [6, 6.07) is 12.0. The van der Waals surface area contributed by atoms with Gasteiger partial charge in [-0.3, -0.25) is 14.9 Å². The van der Waals surface area contributed by atoms with E-state index >= 15 is 0 Å². The second kappa shape index (κ2) is 9.49. The zero-order chi connectivity index (χ0) is 22.6. The van der Waals surface area contributed by atoms with Crippen LogP contribution in [0.1, 0.15) is 35.4 Å². The van der Waals surface area contributed by atoms with Crippen LogP contribution in [0.15, 0.2) is 53.6 Å². The van der Waals surface area contributed by atoms with Crippen molar-refractivity contribution in [3.8, 4) is 17.0 Å². The summed E-state index contributed by atoms with van der Waals surface area (Å²) in [4.78, 5) is 16.7. The molecule has 3 heterocycles. The topological polar surface area (TPSA) is 117 Å². The number of aromatic amines is 1. The number of aromatic nitrogens is 3. The molecule has 1 amide bonds. The number of methoxy groups -OCH3 is 1. The van der Waals surface area contributed by atoms with Crippen molar-refractivity contribution in [3.05, 3.63) is 60.0 Å². The molecule has 0 aliphatic carbocycles. The molecule has 0 atom stereocenters. The summed E-state index contributed by atoms with van der Waals surface area (Å²) in [5, 5.41) is 9.70. The molecule has 1 aliphatic heterocycles. The molecule has 2 aromatic heterocycles. The van der Waals surface area contributed by atoms with Crippen LogP contribution in [0, 0.1) is 0 Å². The Balaban J connectivity index is 1.56. The van der Waals surface area contributed by atoms with E-state index in [4.69, 9.17) is 4.74 Å². The molecule has 4 rings (SSSR count). The van der Waals surface area contributed by atoms with E-state index in [0.717, 1.165) is 25.0 Å². The van der Waals surface area contributed by atoms with E-state index in [-0.39, 0.29) is 28.8 Å². The van der Waals surface area contributed by atoms with Crippen LogP contribution in [-0.2, 0) is 16.6 Å². The summed E-state index contributed by atoms with van der Waals surface area (Å²) in [5.41, 5.74) is 2.04. The first-order chi connectivity index (χ1) is 15.5. The fraction of sp³-hybridized carbons (Fsp3) is 0.318. The van der Waals surface area contributed by atoms with Crippen molar-refractivity contribution < 1.29 is 17.9 Å². The van der Waals surface area contributed by atoms with Gasteiger partial charge >= 0.3 is 0 Å². The van der Waals surface area contributed by atoms with Gasteiger partial charge in [-0.05, 0) is 49.2 Å². The third-order valence-corrected chi connectivity index (χ3v) is 7.29. The third-order valence-electron chi connectivity index (χ3n) is 5.37. The summed E-state index contributed by atoms with van der Waals surface area (Å²) in [6.45, 7) is 1.28. The minimum absolute atomic E-state index is 0.101. The van der Waals surface area contributed by atoms with E-state index in [1.54, 1.807) is 36.5 Å². The van der Waals surface area contributed by atoms with E-state index < -0.39 is 10.0 Å². The van der Waals surface area contributed by atoms with Gasteiger partial charge in [-0.1, -0.05) is 12.5 Å². The van der Waals surface area contributed by atoms with Gasteiger partial charge in [0, 0.05) is 24.8 Å². The van der Waals surface area contributed by atoms with Crippen LogP contribution in [0.3, 0.4) is 0 Å². The minimum Gasteiger partial charge on any atom is -0.495 e. The molecule has 1 aromatic carbocycles. The largest absolute Gasteiger partial charge is 0.495 e. The molecule has 1 aliphatic rings. The molecule has 32 heavy (non-hydrogen) atoms. The van der Waals surface area contributed by atoms with E-state index in [1.807, 2.05) is 12.1 Å². The molecular formula is C22H25N5O4S. The van der Waals surface area contributed by atoms with Crippen molar-refractivity contribution in [2.75, 3.05) is 20.2 Å². The van der Waals surface area contributed by atoms with Crippen LogP contribution >= 0.6 is 0 Å². The van der Waals surface area contributed by atoms with Gasteiger partial charge < -0.3 is 10.1 Å². The number of carbonyl (C=O) groups is 1. The fourth-order valence-corrected chi connectivity index (χ4v) is 5.34. The van der Waals surface area contributed by atoms with Crippen molar-refractivity contribution in [1.29, 1.82) is 0 Å². The fourth-order valence-electron chi connectivity index (χ4n) is 3.64. The highest BCUT2D eigenvalue weighted by Gasteiger charge is 2.29. The number of ether oxygens (including phenoxy) is 1. The molecule has 1 fully saturated rings. The molecule has 0 saturated carbocycles. The molecular weight excluding hydrogens is 430 g/mol. The Kier molecular flexibility index (Phi) is 6.52. The normalized spacial score (nSPS) is 14.8. The van der Waals surface area contributed by atoms with Crippen molar-refractivity contribution in [2.45, 2.75) is 30.7 Å². The Morgan fingerprint density at radius 1 is 1.16 bits per heavy atom. The van der Waals surface area contributed by atoms with Gasteiger partial charge in [0.05, 0.1) is 25.0 Å². The van der Waals surface area contributed by atoms with Crippen LogP contribution in [0.2, 0.25) is 0 Å². The van der Waals surface area contributed by atoms with Gasteiger partial charge in [-0.15, -0.1) is 0 Å². The number of piperidine rings is 1. The number of amides is 1. The number of rotatable bonds is 7. The first-order valence-corrected chi connectivity index (χ1v) is 11.8. The standard InChI is InChI=1S/C22H25N5O4S/c1-31-20-9-8-16(13-21(20)32(29,30)27-11-5-2-6-12-27)18-14-19(26-25-18)22(28)24-15-17-7-3-4-10-23-17/h3-4,7-10,13-14H,2,5-6,11-12,15H2,1H3,(H,24,28)(H,25,26). The average molecular weight is 456 g/mol. The van der Waals surface area contributed by atoms with Crippen molar-refractivity contribution in [1.82, 2.24) is 24.8 Å². The van der Waals surface area contributed by atoms with Gasteiger partial charge in [-0.25, -0.2) is 8.42 Å². The number of H-pyrrole nitrogens is 1. The summed E-state index contributed by atoms with van der Waals surface area (Å²) < 4.78 is 33.3. The highest BCUT2D eigenvalue weighted by atomic mass is 32.2. The minimum atomic E-state index is -3.70. The second-order valence-electron chi connectivity index (χ2n) is 7.50. The highest BCUT2D eigenvalue weighted by molar-refractivity contribution is 7.89. The maximum atomic E-state index is 13.2. The Morgan fingerprint density at radius 2 is 1.97 bits per heavy atom. The number of benzene rings is 1. The van der Waals surface area contributed by atoms with Crippen molar-refractivity contribution >= 4 is 15.9 Å². The number of nitrogens with zero attached hydrogens (tertiary/aromatic N) is 3. The maximum Gasteiger partial charge on any atom is 0.269 e. The predicted molar refractivity (Wildman–Crippen MR) is 119 cm³/mol. The smallest absolute Gasteiger partial charge is 0.269 e. The second-order valence-corrected chi connectivity index (χ2v) is 9.41. The van der Waals surface area contributed by atoms with Crippen LogP contribution in [0.5, 0.6) is 5.75 Å². The Hall–Kier alpha value is -3.24. The Labute approximate surface area is 186 Å². The van der Waals surface area contributed by atoms with Gasteiger partial charge in [0.1, 0.15) is 16.3 Å². The van der Waals surface area contributed by atoms with Gasteiger partial charge in [0.25, 0.3) is 5.91 Å². The number of pyridine rings is 1. The molecule has 0 radical (unpaired) electrons. The van der Waals surface area contributed by atoms with Crippen molar-refractivity contribution in [2.24, 2.45) is 0 Å². The SMILES string of the molecule is COc1ccc(-c2cc(C(=O)NCc3ccccn3)[nH]n2)cc1S(=O)(=O)N1CCCCC1. The number of sulfonamides is 1. The molecule has 0 spiro atoms. The summed E-state index contributed by atoms with van der Waals surface area (Å²) in [5.74, 6) is -0.0488. The van der Waals surface area contributed by atoms with Crippen LogP contribution < -0.4 is 10.1 Å². The molecule has 10 heteroatoms. The molecule has 2 N–H and O–H groups in total. The number of carbonyl (C=O) groups excluding carboxylic acids is 1. The first-order valence-electron chi connectivity index (χ1n) is 10.4. The Morgan fingerprint density at radius 3 is 2.69 bits per heavy atom. The van der Waals surface area contributed by atoms with E-state index in [1.165, 1.54) is 11.4 Å². The van der Waals surface area contributed by atoms with Gasteiger partial charge in [0.15, 0.2) is 0 Å². The lowest BCUT2D eigenvalue weighted by molar-refractivity contribution is 0.0945. The molecule has 1 saturated heterocycles. The molecule has 0 bridgehead atoms. The monoisotopic (exact) mass is 455 g/mol. The van der Waals surface area contributed by atoms with Gasteiger partial charge in [-0.2, -0.15) is 9.40 Å². The molecule has 0 unspecified atom stereocenters. The summed E-state index contributed by atoms with van der Waals surface area (Å²) in [7, 11) is -2.25. The molecule has 3 aromatic rings. The van der Waals surface area contributed by atoms with E-state index in [9.17, 15) is 13.2 Å². The highest BCUT2D eigenvalue weighted by Crippen LogP contribution is 2.32. The zero-order valence-electron chi connectivity index (χ0n) is 17.7. The number of nitrogens with one attached hydrogen (secondary N) is 2. The Bertz CT molecular complexity index is 1190. The van der Waals surface area contributed by atoms with E-state index in [0.29, 0.717) is 24.3 Å². The average Bonchev–Trinajstić information content (AvgIpc) is 3.34. The zero-order valence-corrected chi connectivity index (χ0v) is 18.6. The third kappa shape index (κ3) is 4.66. The predicted octanol–water partition coefficient (Wildman–Crippen LogP) is 2.58. The molecule has 168 valence electrons. The summed E-state index contributed by atoms with van der Waals surface area (Å²) in [6.07, 6.45) is 4.38. The lowest BCUT2D eigenvalue weighted by Gasteiger charge is -2.26. The van der Waals surface area contributed by atoms with Crippen LogP contribution in [0.25, 0.3) is 11.3 Å². The lowest BCUT2D eigenvalue weighted by atomic mass is 10.1. The number of hydrogen-bond donors (Lipinski definition) is 2. The number of hydrogen-bond acceptors (Lipinski definition) is 6.